The third-order valence-electron chi connectivity index (χ3n) is 6.15. The minimum atomic E-state index is -0.676. The predicted molar refractivity (Wildman–Crippen MR) is 107 cm³/mol. The van der Waals surface area contributed by atoms with Crippen LogP contribution in [0.5, 0.6) is 5.75 Å². The molecule has 2 aliphatic rings. The van der Waals surface area contributed by atoms with Gasteiger partial charge in [0.1, 0.15) is 11.3 Å². The highest BCUT2D eigenvalue weighted by molar-refractivity contribution is 5.99. The van der Waals surface area contributed by atoms with Crippen LogP contribution < -0.4 is 0 Å². The fraction of sp³-hybridized carbons (Fsp3) is 0.478. The molecule has 0 spiro atoms. The van der Waals surface area contributed by atoms with Gasteiger partial charge in [0.25, 0.3) is 5.91 Å². The number of rotatable bonds is 3. The van der Waals surface area contributed by atoms with Crippen molar-refractivity contribution in [2.45, 2.75) is 46.1 Å². The minimum Gasteiger partial charge on any atom is -0.507 e. The summed E-state index contributed by atoms with van der Waals surface area (Å²) >= 11 is 0. The molecule has 2 fully saturated rings. The molecule has 1 N–H and O–H groups in total. The number of benzene rings is 2. The first-order valence-electron chi connectivity index (χ1n) is 9.84. The van der Waals surface area contributed by atoms with Crippen LogP contribution in [0.3, 0.4) is 0 Å². The summed E-state index contributed by atoms with van der Waals surface area (Å²) < 4.78 is 5.28. The Labute approximate surface area is 165 Å². The highest BCUT2D eigenvalue weighted by atomic mass is 16.5. The molecule has 28 heavy (non-hydrogen) atoms. The molecule has 4 rings (SSSR count). The normalized spacial score (nSPS) is 25.7. The maximum atomic E-state index is 12.8. The number of hydrogen-bond donors (Lipinski definition) is 1. The van der Waals surface area contributed by atoms with Crippen molar-refractivity contribution in [3.8, 4) is 5.75 Å². The summed E-state index contributed by atoms with van der Waals surface area (Å²) in [5.41, 5.74) is 0.447. The molecule has 5 heteroatoms. The Balaban J connectivity index is 1.44. The summed E-state index contributed by atoms with van der Waals surface area (Å²) in [5, 5.41) is 11.8. The van der Waals surface area contributed by atoms with Crippen LogP contribution in [0.15, 0.2) is 36.4 Å². The van der Waals surface area contributed by atoms with Crippen molar-refractivity contribution < 1.29 is 19.4 Å². The van der Waals surface area contributed by atoms with Gasteiger partial charge in [0.05, 0.1) is 0 Å². The maximum Gasteiger partial charge on any atom is 0.342 e. The zero-order valence-electron chi connectivity index (χ0n) is 16.7. The van der Waals surface area contributed by atoms with E-state index in [1.807, 2.05) is 29.2 Å². The Bertz CT molecular complexity index is 951. The van der Waals surface area contributed by atoms with Crippen LogP contribution in [0.2, 0.25) is 0 Å². The average molecular weight is 381 g/mol. The van der Waals surface area contributed by atoms with Gasteiger partial charge in [-0.15, -0.1) is 0 Å². The Kier molecular flexibility index (Phi) is 4.36. The smallest absolute Gasteiger partial charge is 0.342 e. The van der Waals surface area contributed by atoms with E-state index in [9.17, 15) is 14.7 Å². The van der Waals surface area contributed by atoms with Crippen molar-refractivity contribution in [2.75, 3.05) is 13.2 Å². The highest BCUT2D eigenvalue weighted by Crippen LogP contribution is 2.52. The lowest BCUT2D eigenvalue weighted by molar-refractivity contribution is -0.135. The number of fused-ring (bicyclic) bond motifs is 3. The first-order chi connectivity index (χ1) is 13.2. The van der Waals surface area contributed by atoms with Crippen molar-refractivity contribution in [1.82, 2.24) is 4.90 Å². The molecule has 2 aromatic carbocycles. The second-order valence-corrected chi connectivity index (χ2v) is 9.53. The molecule has 2 unspecified atom stereocenters. The third kappa shape index (κ3) is 3.46. The first-order valence-corrected chi connectivity index (χ1v) is 9.84. The van der Waals surface area contributed by atoms with Gasteiger partial charge in [-0.1, -0.05) is 45.0 Å². The molecular weight excluding hydrogens is 354 g/mol. The van der Waals surface area contributed by atoms with Gasteiger partial charge in [-0.2, -0.15) is 0 Å². The van der Waals surface area contributed by atoms with Gasteiger partial charge < -0.3 is 14.7 Å². The molecule has 0 aromatic heterocycles. The molecule has 2 atom stereocenters. The summed E-state index contributed by atoms with van der Waals surface area (Å²) in [6, 6.07) is 10.8. The quantitative estimate of drug-likeness (QED) is 0.812. The van der Waals surface area contributed by atoms with E-state index in [1.165, 1.54) is 0 Å². The van der Waals surface area contributed by atoms with Crippen LogP contribution in [0, 0.1) is 10.8 Å². The number of carbonyl (C=O) groups excluding carboxylic acids is 2. The number of nitrogens with zero attached hydrogens (tertiary/aromatic N) is 1. The lowest BCUT2D eigenvalue weighted by Gasteiger charge is -2.39. The van der Waals surface area contributed by atoms with E-state index in [2.05, 4.69) is 20.8 Å². The van der Waals surface area contributed by atoms with Gasteiger partial charge in [0.2, 0.25) is 0 Å². The lowest BCUT2D eigenvalue weighted by atomic mass is 9.65. The number of likely N-dealkylation sites (tertiary alicyclic amines) is 1. The van der Waals surface area contributed by atoms with Crippen molar-refractivity contribution in [2.24, 2.45) is 10.8 Å². The fourth-order valence-corrected chi connectivity index (χ4v) is 5.43. The summed E-state index contributed by atoms with van der Waals surface area (Å²) in [4.78, 5) is 27.1. The SMILES string of the molecule is CC1(C)CC2CC(C)(CN2C(=O)COC(=O)c2cc3ccccc3cc2O)C1. The van der Waals surface area contributed by atoms with Crippen molar-refractivity contribution in [3.63, 3.8) is 0 Å². The molecule has 2 aromatic rings. The zero-order chi connectivity index (χ0) is 20.1. The number of amides is 1. The molecule has 1 heterocycles. The molecule has 2 bridgehead atoms. The number of phenols is 1. The van der Waals surface area contributed by atoms with Gasteiger partial charge in [0.15, 0.2) is 6.61 Å². The first kappa shape index (κ1) is 18.8. The fourth-order valence-electron chi connectivity index (χ4n) is 5.43. The van der Waals surface area contributed by atoms with E-state index >= 15 is 0 Å². The van der Waals surface area contributed by atoms with E-state index in [-0.39, 0.29) is 40.7 Å². The molecule has 148 valence electrons. The third-order valence-corrected chi connectivity index (χ3v) is 6.15. The average Bonchev–Trinajstić information content (AvgIpc) is 2.87. The van der Waals surface area contributed by atoms with Gasteiger partial charge in [0, 0.05) is 12.6 Å². The number of aromatic hydroxyl groups is 1. The number of ether oxygens (including phenoxy) is 1. The predicted octanol–water partition coefficient (Wildman–Crippen LogP) is 4.13. The monoisotopic (exact) mass is 381 g/mol. The second kappa shape index (κ2) is 6.50. The molecule has 5 nitrogen and oxygen atoms in total. The highest BCUT2D eigenvalue weighted by Gasteiger charge is 2.50. The minimum absolute atomic E-state index is 0.0831. The van der Waals surface area contributed by atoms with Crippen molar-refractivity contribution >= 4 is 22.6 Å². The Morgan fingerprint density at radius 1 is 1.14 bits per heavy atom. The molecule has 1 aliphatic carbocycles. The Morgan fingerprint density at radius 3 is 2.54 bits per heavy atom. The Hall–Kier alpha value is -2.56. The van der Waals surface area contributed by atoms with E-state index in [0.29, 0.717) is 0 Å². The van der Waals surface area contributed by atoms with Gasteiger partial charge in [-0.25, -0.2) is 4.79 Å². The van der Waals surface area contributed by atoms with Crippen LogP contribution in [-0.4, -0.2) is 41.1 Å². The summed E-state index contributed by atoms with van der Waals surface area (Å²) in [6.45, 7) is 7.19. The number of phenolic OH excluding ortho intramolecular Hbond substituents is 1. The second-order valence-electron chi connectivity index (χ2n) is 9.53. The van der Waals surface area contributed by atoms with Gasteiger partial charge in [-0.05, 0) is 53.0 Å². The van der Waals surface area contributed by atoms with Gasteiger partial charge in [-0.3, -0.25) is 4.79 Å². The maximum absolute atomic E-state index is 12.8. The topological polar surface area (TPSA) is 66.8 Å². The van der Waals surface area contributed by atoms with Crippen LogP contribution in [-0.2, 0) is 9.53 Å². The summed E-state index contributed by atoms with van der Waals surface area (Å²) in [6.07, 6.45) is 3.10. The molecule has 0 radical (unpaired) electrons. The largest absolute Gasteiger partial charge is 0.507 e. The van der Waals surface area contributed by atoms with E-state index in [4.69, 9.17) is 4.74 Å². The van der Waals surface area contributed by atoms with Crippen molar-refractivity contribution in [3.05, 3.63) is 42.0 Å². The van der Waals surface area contributed by atoms with Gasteiger partial charge >= 0.3 is 5.97 Å². The molecule has 1 amide bonds. The molecular formula is C23H27NO4. The zero-order valence-corrected chi connectivity index (χ0v) is 16.7. The Morgan fingerprint density at radius 2 is 1.82 bits per heavy atom. The van der Waals surface area contributed by atoms with Crippen LogP contribution in [0.4, 0.5) is 0 Å². The van der Waals surface area contributed by atoms with E-state index in [1.54, 1.807) is 12.1 Å². The standard InChI is InChI=1S/C23H27NO4/c1-22(2)10-17-11-23(3,13-22)14-24(17)20(26)12-28-21(27)18-8-15-6-4-5-7-16(15)9-19(18)25/h4-9,17,25H,10-14H2,1-3H3. The number of carbonyl (C=O) groups is 2. The molecule has 1 saturated heterocycles. The van der Waals surface area contributed by atoms with E-state index < -0.39 is 5.97 Å². The van der Waals surface area contributed by atoms with Crippen molar-refractivity contribution in [1.29, 1.82) is 0 Å². The van der Waals surface area contributed by atoms with Crippen LogP contribution in [0.25, 0.3) is 10.8 Å². The summed E-state index contributed by atoms with van der Waals surface area (Å²) in [5.74, 6) is -0.965. The number of esters is 1. The molecule has 1 aliphatic heterocycles. The summed E-state index contributed by atoms with van der Waals surface area (Å²) in [7, 11) is 0. The van der Waals surface area contributed by atoms with Crippen LogP contribution >= 0.6 is 0 Å². The molecule has 1 saturated carbocycles. The number of hydrogen-bond acceptors (Lipinski definition) is 4. The lowest BCUT2D eigenvalue weighted by Crippen LogP contribution is -2.39. The van der Waals surface area contributed by atoms with Crippen LogP contribution in [0.1, 0.15) is 50.4 Å². The van der Waals surface area contributed by atoms with E-state index in [0.717, 1.165) is 36.6 Å².